The molecule has 1 N–H and O–H groups in total. The maximum atomic E-state index is 12.8. The van der Waals surface area contributed by atoms with Gasteiger partial charge in [-0.15, -0.1) is 10.2 Å². The van der Waals surface area contributed by atoms with E-state index < -0.39 is 0 Å². The van der Waals surface area contributed by atoms with Crippen molar-refractivity contribution in [3.63, 3.8) is 0 Å². The first-order valence-electron chi connectivity index (χ1n) is 9.58. The molecule has 0 aliphatic carbocycles. The van der Waals surface area contributed by atoms with Crippen LogP contribution in [0.5, 0.6) is 0 Å². The lowest BCUT2D eigenvalue weighted by Crippen LogP contribution is -2.36. The average Bonchev–Trinajstić information content (AvgIpc) is 3.29. The molecule has 2 aliphatic heterocycles. The van der Waals surface area contributed by atoms with Crippen molar-refractivity contribution in [1.82, 2.24) is 34.1 Å². The molecule has 1 fully saturated rings. The standard InChI is InChI=1S/C18H27N7O2/c1-12(2)25-11-13(26)10-14(25)16-21-20-15-4-6-23(8-9-24(15)16)18(27)17-19-5-7-22(17)3/h5,7,12-14,26H,4,6,8-11H2,1-3H3/t13-,14+/m1/s1. The molecule has 0 aromatic carbocycles. The van der Waals surface area contributed by atoms with E-state index in [4.69, 9.17) is 0 Å². The van der Waals surface area contributed by atoms with Gasteiger partial charge >= 0.3 is 0 Å². The average molecular weight is 373 g/mol. The van der Waals surface area contributed by atoms with E-state index in [9.17, 15) is 9.90 Å². The highest BCUT2D eigenvalue weighted by Gasteiger charge is 2.37. The third-order valence-electron chi connectivity index (χ3n) is 5.63. The number of β-amino-alcohol motifs (C(OH)–C–C–N with tert-alkyl or cyclic N) is 1. The number of carbonyl (C=O) groups is 1. The number of carbonyl (C=O) groups excluding carboxylic acids is 1. The van der Waals surface area contributed by atoms with Crippen molar-refractivity contribution in [2.45, 2.75) is 51.4 Å². The van der Waals surface area contributed by atoms with Gasteiger partial charge in [-0.1, -0.05) is 0 Å². The molecule has 27 heavy (non-hydrogen) atoms. The molecule has 4 rings (SSSR count). The Morgan fingerprint density at radius 1 is 1.26 bits per heavy atom. The number of nitrogens with zero attached hydrogens (tertiary/aromatic N) is 7. The van der Waals surface area contributed by atoms with Gasteiger partial charge in [-0.3, -0.25) is 9.69 Å². The maximum absolute atomic E-state index is 12.8. The summed E-state index contributed by atoms with van der Waals surface area (Å²) in [6.45, 7) is 6.79. The van der Waals surface area contributed by atoms with Crippen molar-refractivity contribution in [1.29, 1.82) is 0 Å². The lowest BCUT2D eigenvalue weighted by Gasteiger charge is -2.27. The van der Waals surface area contributed by atoms with Gasteiger partial charge in [0, 0.05) is 58.1 Å². The summed E-state index contributed by atoms with van der Waals surface area (Å²) in [6, 6.07) is 0.394. The van der Waals surface area contributed by atoms with Crippen LogP contribution in [0.15, 0.2) is 12.4 Å². The molecule has 2 aromatic heterocycles. The van der Waals surface area contributed by atoms with Crippen molar-refractivity contribution in [3.8, 4) is 0 Å². The Morgan fingerprint density at radius 3 is 2.78 bits per heavy atom. The topological polar surface area (TPSA) is 92.3 Å². The Hall–Kier alpha value is -2.26. The quantitative estimate of drug-likeness (QED) is 0.828. The van der Waals surface area contributed by atoms with E-state index in [2.05, 4.69) is 38.5 Å². The van der Waals surface area contributed by atoms with Gasteiger partial charge in [0.1, 0.15) is 5.82 Å². The summed E-state index contributed by atoms with van der Waals surface area (Å²) in [5.74, 6) is 2.22. The van der Waals surface area contributed by atoms with Crippen molar-refractivity contribution >= 4 is 5.91 Å². The van der Waals surface area contributed by atoms with Gasteiger partial charge in [0.2, 0.25) is 0 Å². The largest absolute Gasteiger partial charge is 0.392 e. The summed E-state index contributed by atoms with van der Waals surface area (Å²) < 4.78 is 3.89. The van der Waals surface area contributed by atoms with Crippen molar-refractivity contribution in [2.75, 3.05) is 19.6 Å². The number of amides is 1. The number of rotatable bonds is 3. The van der Waals surface area contributed by atoms with E-state index in [0.29, 0.717) is 50.9 Å². The maximum Gasteiger partial charge on any atom is 0.289 e. The summed E-state index contributed by atoms with van der Waals surface area (Å²) in [4.78, 5) is 21.1. The number of hydrogen-bond acceptors (Lipinski definition) is 6. The monoisotopic (exact) mass is 373 g/mol. The van der Waals surface area contributed by atoms with Gasteiger partial charge in [-0.05, 0) is 20.3 Å². The lowest BCUT2D eigenvalue weighted by atomic mass is 10.1. The summed E-state index contributed by atoms with van der Waals surface area (Å²) >= 11 is 0. The predicted octanol–water partition coefficient (Wildman–Crippen LogP) is 0.226. The number of hydrogen-bond donors (Lipinski definition) is 1. The van der Waals surface area contributed by atoms with Crippen LogP contribution in [0.3, 0.4) is 0 Å². The molecule has 146 valence electrons. The normalized spacial score (nSPS) is 23.7. The zero-order valence-electron chi connectivity index (χ0n) is 16.1. The fraction of sp³-hybridized carbons (Fsp3) is 0.667. The molecule has 9 heteroatoms. The molecule has 2 atom stereocenters. The van der Waals surface area contributed by atoms with E-state index >= 15 is 0 Å². The van der Waals surface area contributed by atoms with Crippen LogP contribution < -0.4 is 0 Å². The molecule has 2 aliphatic rings. The molecular weight excluding hydrogens is 346 g/mol. The second-order valence-electron chi connectivity index (χ2n) is 7.73. The molecule has 2 aromatic rings. The molecule has 0 bridgehead atoms. The minimum atomic E-state index is -0.336. The van der Waals surface area contributed by atoms with Crippen LogP contribution in [0.25, 0.3) is 0 Å². The van der Waals surface area contributed by atoms with E-state index in [1.54, 1.807) is 17.0 Å². The number of aryl methyl sites for hydroxylation is 1. The fourth-order valence-corrected chi connectivity index (χ4v) is 4.17. The van der Waals surface area contributed by atoms with Gasteiger partial charge in [-0.2, -0.15) is 0 Å². The van der Waals surface area contributed by atoms with Gasteiger partial charge < -0.3 is 19.1 Å². The van der Waals surface area contributed by atoms with Crippen LogP contribution in [-0.2, 0) is 20.0 Å². The van der Waals surface area contributed by atoms with Crippen molar-refractivity contribution in [3.05, 3.63) is 29.9 Å². The van der Waals surface area contributed by atoms with Crippen LogP contribution in [0, 0.1) is 0 Å². The predicted molar refractivity (Wildman–Crippen MR) is 98.0 cm³/mol. The van der Waals surface area contributed by atoms with Gasteiger partial charge in [0.05, 0.1) is 12.1 Å². The smallest absolute Gasteiger partial charge is 0.289 e. The number of likely N-dealkylation sites (tertiary alicyclic amines) is 1. The third kappa shape index (κ3) is 3.25. The van der Waals surface area contributed by atoms with Crippen LogP contribution in [0.2, 0.25) is 0 Å². The summed E-state index contributed by atoms with van der Waals surface area (Å²) in [7, 11) is 1.83. The Labute approximate surface area is 158 Å². The Balaban J connectivity index is 1.54. The Morgan fingerprint density at radius 2 is 2.07 bits per heavy atom. The fourth-order valence-electron chi connectivity index (χ4n) is 4.17. The van der Waals surface area contributed by atoms with E-state index in [-0.39, 0.29) is 18.1 Å². The molecule has 4 heterocycles. The van der Waals surface area contributed by atoms with Crippen molar-refractivity contribution < 1.29 is 9.90 Å². The number of aliphatic hydroxyl groups excluding tert-OH is 1. The SMILES string of the molecule is CC(C)N1C[C@H](O)C[C@H]1c1nnc2n1CCN(C(=O)c1nccn1C)CC2. The Bertz CT molecular complexity index is 828. The third-order valence-corrected chi connectivity index (χ3v) is 5.63. The number of aromatic nitrogens is 5. The van der Waals surface area contributed by atoms with Crippen LogP contribution in [0.1, 0.15) is 48.6 Å². The second-order valence-corrected chi connectivity index (χ2v) is 7.73. The molecule has 0 unspecified atom stereocenters. The highest BCUT2D eigenvalue weighted by atomic mass is 16.3. The first kappa shape index (κ1) is 18.1. The number of fused-ring (bicyclic) bond motifs is 1. The molecule has 0 spiro atoms. The molecular formula is C18H27N7O2. The first-order valence-corrected chi connectivity index (χ1v) is 9.58. The van der Waals surface area contributed by atoms with Gasteiger partial charge in [-0.25, -0.2) is 4.98 Å². The van der Waals surface area contributed by atoms with Crippen LogP contribution in [-0.4, -0.2) is 76.9 Å². The minimum Gasteiger partial charge on any atom is -0.392 e. The second kappa shape index (κ2) is 7.05. The summed E-state index contributed by atoms with van der Waals surface area (Å²) in [5.41, 5.74) is 0. The van der Waals surface area contributed by atoms with E-state index in [1.807, 2.05) is 11.9 Å². The minimum absolute atomic E-state index is 0.0529. The Kier molecular flexibility index (Phi) is 4.73. The lowest BCUT2D eigenvalue weighted by molar-refractivity contribution is 0.0742. The molecule has 1 amide bonds. The molecule has 0 saturated carbocycles. The highest BCUT2D eigenvalue weighted by Crippen LogP contribution is 2.33. The van der Waals surface area contributed by atoms with E-state index in [1.165, 1.54) is 0 Å². The number of imidazole rings is 1. The molecule has 9 nitrogen and oxygen atoms in total. The van der Waals surface area contributed by atoms with Gasteiger partial charge in [0.15, 0.2) is 11.6 Å². The zero-order chi connectivity index (χ0) is 19.1. The van der Waals surface area contributed by atoms with Crippen LogP contribution in [0.4, 0.5) is 0 Å². The summed E-state index contributed by atoms with van der Waals surface area (Å²) in [6.07, 6.45) is 4.43. The summed E-state index contributed by atoms with van der Waals surface area (Å²) in [5, 5.41) is 19.0. The van der Waals surface area contributed by atoms with E-state index in [0.717, 1.165) is 11.6 Å². The zero-order valence-corrected chi connectivity index (χ0v) is 16.1. The van der Waals surface area contributed by atoms with Crippen LogP contribution >= 0.6 is 0 Å². The highest BCUT2D eigenvalue weighted by molar-refractivity contribution is 5.90. The molecule has 0 radical (unpaired) electrons. The van der Waals surface area contributed by atoms with Crippen molar-refractivity contribution in [2.24, 2.45) is 7.05 Å². The first-order chi connectivity index (χ1) is 13.0. The molecule has 1 saturated heterocycles. The van der Waals surface area contributed by atoms with Gasteiger partial charge in [0.25, 0.3) is 5.91 Å². The number of aliphatic hydroxyl groups is 1.